The van der Waals surface area contributed by atoms with Crippen LogP contribution in [0, 0.1) is 13.0 Å². The first-order valence-corrected chi connectivity index (χ1v) is 7.36. The fourth-order valence-corrected chi connectivity index (χ4v) is 2.68. The Morgan fingerprint density at radius 3 is 2.76 bits per heavy atom. The number of aromatic amines is 1. The average Bonchev–Trinajstić information content (AvgIpc) is 2.84. The van der Waals surface area contributed by atoms with Crippen LogP contribution in [0.1, 0.15) is 5.69 Å². The number of H-pyrrole nitrogens is 1. The molecule has 0 spiro atoms. The Labute approximate surface area is 131 Å². The van der Waals surface area contributed by atoms with Gasteiger partial charge in [-0.15, -0.1) is 0 Å². The molecule has 0 saturated heterocycles. The number of hydrogen-bond donors (Lipinski definition) is 2. The summed E-state index contributed by atoms with van der Waals surface area (Å²) >= 11 is 7.49. The van der Waals surface area contributed by atoms with E-state index in [1.807, 2.05) is 37.3 Å². The number of aromatic nitrogens is 4. The van der Waals surface area contributed by atoms with E-state index < -0.39 is 0 Å². The van der Waals surface area contributed by atoms with Crippen molar-refractivity contribution >= 4 is 35.0 Å². The van der Waals surface area contributed by atoms with Crippen molar-refractivity contribution in [1.29, 1.82) is 0 Å². The van der Waals surface area contributed by atoms with Gasteiger partial charge in [0.05, 0.1) is 5.69 Å². The van der Waals surface area contributed by atoms with E-state index in [2.05, 4.69) is 31.5 Å². The van der Waals surface area contributed by atoms with Crippen LogP contribution in [0.3, 0.4) is 0 Å². The summed E-state index contributed by atoms with van der Waals surface area (Å²) in [5.74, 6) is 1.37. The van der Waals surface area contributed by atoms with Gasteiger partial charge in [0.25, 0.3) is 0 Å². The molecule has 21 heavy (non-hydrogen) atoms. The van der Waals surface area contributed by atoms with Crippen LogP contribution < -0.4 is 5.32 Å². The van der Waals surface area contributed by atoms with Crippen LogP contribution >= 0.6 is 23.4 Å². The first kappa shape index (κ1) is 13.9. The first-order chi connectivity index (χ1) is 10.2. The summed E-state index contributed by atoms with van der Waals surface area (Å²) in [7, 11) is 0. The quantitative estimate of drug-likeness (QED) is 0.565. The van der Waals surface area contributed by atoms with Crippen LogP contribution in [-0.4, -0.2) is 20.2 Å². The largest absolute Gasteiger partial charge is 0.325 e. The summed E-state index contributed by atoms with van der Waals surface area (Å²) in [5, 5.41) is 11.0. The van der Waals surface area contributed by atoms with Crippen LogP contribution in [0.25, 0.3) is 0 Å². The topological polar surface area (TPSA) is 66.5 Å². The van der Waals surface area contributed by atoms with Gasteiger partial charge < -0.3 is 5.32 Å². The first-order valence-electron chi connectivity index (χ1n) is 6.16. The summed E-state index contributed by atoms with van der Waals surface area (Å²) in [6, 6.07) is 14.1. The highest BCUT2D eigenvalue weighted by Crippen LogP contribution is 2.27. The molecule has 0 atom stereocenters. The van der Waals surface area contributed by atoms with Gasteiger partial charge >= 0.3 is 0 Å². The van der Waals surface area contributed by atoms with Crippen LogP contribution in [0.5, 0.6) is 0 Å². The van der Waals surface area contributed by atoms with E-state index in [0.717, 1.165) is 16.4 Å². The van der Waals surface area contributed by atoms with E-state index in [9.17, 15) is 0 Å². The van der Waals surface area contributed by atoms with E-state index in [1.54, 1.807) is 6.07 Å². The molecule has 1 radical (unpaired) electrons. The normalized spacial score (nSPS) is 10.6. The minimum absolute atomic E-state index is 0.383. The lowest BCUT2D eigenvalue weighted by atomic mass is 10.4. The fourth-order valence-electron chi connectivity index (χ4n) is 1.68. The van der Waals surface area contributed by atoms with Crippen molar-refractivity contribution < 1.29 is 0 Å². The van der Waals surface area contributed by atoms with Crippen molar-refractivity contribution in [2.24, 2.45) is 0 Å². The molecule has 1 aromatic carbocycles. The van der Waals surface area contributed by atoms with Gasteiger partial charge in [-0.3, -0.25) is 5.10 Å². The number of nitrogens with zero attached hydrogens (tertiary/aromatic N) is 3. The van der Waals surface area contributed by atoms with Gasteiger partial charge in [0.1, 0.15) is 16.8 Å². The highest BCUT2D eigenvalue weighted by molar-refractivity contribution is 7.99. The smallest absolute Gasteiger partial charge is 0.195 e. The summed E-state index contributed by atoms with van der Waals surface area (Å²) in [5.41, 5.74) is 0.896. The van der Waals surface area contributed by atoms with Gasteiger partial charge in [0.15, 0.2) is 5.16 Å². The standard InChI is InChI=1S/C14H11ClN5S/c1-9-7-13(20-19-9)17-12-8-11(15)16-14(18-12)21-10-5-3-2-4-6-10/h3-8H,1H3,(H2,16,17,18,19,20). The maximum atomic E-state index is 6.05. The molecule has 7 heteroatoms. The molecule has 0 aliphatic rings. The van der Waals surface area contributed by atoms with Crippen molar-refractivity contribution in [3.63, 3.8) is 0 Å². The highest BCUT2D eigenvalue weighted by Gasteiger charge is 2.06. The predicted molar refractivity (Wildman–Crippen MR) is 83.1 cm³/mol. The van der Waals surface area contributed by atoms with Crippen LogP contribution in [0.2, 0.25) is 5.15 Å². The molecular weight excluding hydrogens is 306 g/mol. The molecule has 0 saturated carbocycles. The SMILES string of the molecule is Cc1cc(Nc2cc(Cl)nc(Sc3cc[c]cc3)n2)[nH]n1. The number of hydrogen-bond acceptors (Lipinski definition) is 5. The third-order valence-corrected chi connectivity index (χ3v) is 3.61. The average molecular weight is 317 g/mol. The molecule has 3 rings (SSSR count). The minimum atomic E-state index is 0.383. The maximum absolute atomic E-state index is 6.05. The minimum Gasteiger partial charge on any atom is -0.325 e. The van der Waals surface area contributed by atoms with Crippen molar-refractivity contribution in [2.75, 3.05) is 5.32 Å². The Kier molecular flexibility index (Phi) is 4.08. The van der Waals surface area contributed by atoms with Gasteiger partial charge in [-0.05, 0) is 36.9 Å². The number of aryl methyl sites for hydroxylation is 1. The van der Waals surface area contributed by atoms with E-state index in [0.29, 0.717) is 16.1 Å². The number of nitrogens with one attached hydrogen (secondary N) is 2. The second-order valence-electron chi connectivity index (χ2n) is 4.24. The van der Waals surface area contributed by atoms with Crippen LogP contribution in [0.4, 0.5) is 11.6 Å². The van der Waals surface area contributed by atoms with E-state index in [1.165, 1.54) is 11.8 Å². The van der Waals surface area contributed by atoms with E-state index in [4.69, 9.17) is 11.6 Å². The summed E-state index contributed by atoms with van der Waals surface area (Å²) in [6.45, 7) is 1.91. The molecule has 2 aromatic heterocycles. The Morgan fingerprint density at radius 2 is 2.05 bits per heavy atom. The van der Waals surface area contributed by atoms with Gasteiger partial charge in [-0.2, -0.15) is 5.10 Å². The lowest BCUT2D eigenvalue weighted by Gasteiger charge is -2.05. The molecule has 0 bridgehead atoms. The molecule has 2 N–H and O–H groups in total. The fraction of sp³-hybridized carbons (Fsp3) is 0.0714. The highest BCUT2D eigenvalue weighted by atomic mass is 35.5. The molecule has 0 aliphatic carbocycles. The van der Waals surface area contributed by atoms with Gasteiger partial charge in [-0.25, -0.2) is 9.97 Å². The molecule has 0 unspecified atom stereocenters. The summed E-state index contributed by atoms with van der Waals surface area (Å²) < 4.78 is 0. The van der Waals surface area contributed by atoms with Crippen molar-refractivity contribution in [3.8, 4) is 0 Å². The Morgan fingerprint density at radius 1 is 1.24 bits per heavy atom. The Hall–Kier alpha value is -2.05. The zero-order chi connectivity index (χ0) is 14.7. The molecule has 0 aliphatic heterocycles. The number of rotatable bonds is 4. The maximum Gasteiger partial charge on any atom is 0.195 e. The van der Waals surface area contributed by atoms with Gasteiger partial charge in [0.2, 0.25) is 0 Å². The Balaban J connectivity index is 1.82. The van der Waals surface area contributed by atoms with Crippen molar-refractivity contribution in [3.05, 3.63) is 53.3 Å². The molecule has 0 amide bonds. The Bertz CT molecular complexity index is 744. The summed E-state index contributed by atoms with van der Waals surface area (Å²) in [6.07, 6.45) is 0. The molecule has 2 heterocycles. The molecular formula is C14H11ClN5S. The third-order valence-electron chi connectivity index (χ3n) is 2.54. The zero-order valence-electron chi connectivity index (χ0n) is 11.1. The van der Waals surface area contributed by atoms with E-state index >= 15 is 0 Å². The predicted octanol–water partition coefficient (Wildman–Crippen LogP) is 3.86. The second kappa shape index (κ2) is 6.15. The number of benzene rings is 1. The van der Waals surface area contributed by atoms with Crippen molar-refractivity contribution in [1.82, 2.24) is 20.2 Å². The lowest BCUT2D eigenvalue weighted by Crippen LogP contribution is -1.97. The van der Waals surface area contributed by atoms with Gasteiger partial charge in [0, 0.05) is 17.0 Å². The molecule has 105 valence electrons. The lowest BCUT2D eigenvalue weighted by molar-refractivity contribution is 0.968. The second-order valence-corrected chi connectivity index (χ2v) is 5.67. The molecule has 0 fully saturated rings. The monoisotopic (exact) mass is 316 g/mol. The van der Waals surface area contributed by atoms with Gasteiger partial charge in [-0.1, -0.05) is 23.7 Å². The van der Waals surface area contributed by atoms with Crippen LogP contribution in [-0.2, 0) is 0 Å². The number of halogens is 1. The van der Waals surface area contributed by atoms with Crippen LogP contribution in [0.15, 0.2) is 46.5 Å². The third kappa shape index (κ3) is 3.74. The zero-order valence-corrected chi connectivity index (χ0v) is 12.7. The summed E-state index contributed by atoms with van der Waals surface area (Å²) in [4.78, 5) is 9.68. The number of anilines is 2. The molecule has 3 aromatic rings. The molecule has 5 nitrogen and oxygen atoms in total. The van der Waals surface area contributed by atoms with E-state index in [-0.39, 0.29) is 0 Å². The van der Waals surface area contributed by atoms with Crippen molar-refractivity contribution in [2.45, 2.75) is 17.0 Å².